The van der Waals surface area contributed by atoms with Gasteiger partial charge in [0.05, 0.1) is 12.4 Å². The second-order valence-corrected chi connectivity index (χ2v) is 5.89. The van der Waals surface area contributed by atoms with Crippen molar-refractivity contribution in [1.29, 1.82) is 5.26 Å². The Morgan fingerprint density at radius 1 is 1.52 bits per heavy atom. The number of amides is 1. The number of aromatic nitrogens is 2. The van der Waals surface area contributed by atoms with Gasteiger partial charge in [-0.2, -0.15) is 5.26 Å². The molecule has 1 heterocycles. The Labute approximate surface area is 121 Å². The summed E-state index contributed by atoms with van der Waals surface area (Å²) in [5, 5.41) is 20.7. The second kappa shape index (κ2) is 4.77. The lowest BCUT2D eigenvalue weighted by Crippen LogP contribution is -2.29. The summed E-state index contributed by atoms with van der Waals surface area (Å²) in [6.07, 6.45) is 1.64. The third-order valence-corrected chi connectivity index (χ3v) is 2.98. The van der Waals surface area contributed by atoms with Gasteiger partial charge in [-0.25, -0.2) is 14.6 Å². The molecule has 1 aliphatic rings. The average Bonchev–Trinajstić information content (AvgIpc) is 3.02. The highest BCUT2D eigenvalue weighted by atomic mass is 16.6. The molecule has 0 saturated heterocycles. The summed E-state index contributed by atoms with van der Waals surface area (Å²) >= 11 is 0. The molecule has 1 aromatic rings. The fourth-order valence-corrected chi connectivity index (χ4v) is 1.87. The number of aromatic carboxylic acids is 1. The monoisotopic (exact) mass is 292 g/mol. The average molecular weight is 292 g/mol. The maximum Gasteiger partial charge on any atom is 0.413 e. The first kappa shape index (κ1) is 14.8. The van der Waals surface area contributed by atoms with Gasteiger partial charge in [0, 0.05) is 0 Å². The minimum Gasteiger partial charge on any atom is -0.476 e. The van der Waals surface area contributed by atoms with Gasteiger partial charge in [-0.05, 0) is 33.6 Å². The predicted molar refractivity (Wildman–Crippen MR) is 71.9 cm³/mol. The number of rotatable bonds is 3. The van der Waals surface area contributed by atoms with Crippen molar-refractivity contribution >= 4 is 17.9 Å². The van der Waals surface area contributed by atoms with Crippen molar-refractivity contribution in [2.45, 2.75) is 44.8 Å². The fraction of sp³-hybridized carbons (Fsp3) is 0.538. The van der Waals surface area contributed by atoms with Crippen LogP contribution in [0.4, 0.5) is 10.6 Å². The van der Waals surface area contributed by atoms with Crippen molar-refractivity contribution in [3.8, 4) is 6.07 Å². The van der Waals surface area contributed by atoms with Gasteiger partial charge in [-0.1, -0.05) is 0 Å². The van der Waals surface area contributed by atoms with Gasteiger partial charge in [0.15, 0.2) is 11.5 Å². The van der Waals surface area contributed by atoms with Gasteiger partial charge in [0.2, 0.25) is 0 Å². The Bertz CT molecular complexity index is 632. The van der Waals surface area contributed by atoms with Crippen molar-refractivity contribution in [2.75, 3.05) is 5.32 Å². The number of nitrogens with one attached hydrogen (secondary N) is 1. The lowest BCUT2D eigenvalue weighted by atomic mass is 10.2. The molecule has 1 fully saturated rings. The van der Waals surface area contributed by atoms with Gasteiger partial charge >= 0.3 is 12.1 Å². The molecule has 1 aromatic heterocycles. The molecule has 2 rings (SSSR count). The van der Waals surface area contributed by atoms with Crippen LogP contribution < -0.4 is 5.32 Å². The second-order valence-electron chi connectivity index (χ2n) is 5.89. The van der Waals surface area contributed by atoms with Crippen LogP contribution in [0.25, 0.3) is 0 Å². The number of hydrogen-bond donors (Lipinski definition) is 2. The quantitative estimate of drug-likeness (QED) is 0.879. The van der Waals surface area contributed by atoms with Crippen molar-refractivity contribution < 1.29 is 19.4 Å². The van der Waals surface area contributed by atoms with E-state index in [1.807, 2.05) is 0 Å². The number of carbonyl (C=O) groups is 2. The van der Waals surface area contributed by atoms with Crippen LogP contribution in [0.15, 0.2) is 6.33 Å². The fourth-order valence-electron chi connectivity index (χ4n) is 1.87. The third kappa shape index (κ3) is 2.97. The SMILES string of the molecule is CC(C)(C)OC(=O)Nc1c(C(=O)O)ncn1C1(C#N)CC1. The van der Waals surface area contributed by atoms with E-state index in [1.165, 1.54) is 10.9 Å². The van der Waals surface area contributed by atoms with Crippen LogP contribution in [0.5, 0.6) is 0 Å². The van der Waals surface area contributed by atoms with Crippen LogP contribution >= 0.6 is 0 Å². The molecule has 0 bridgehead atoms. The van der Waals surface area contributed by atoms with Crippen molar-refractivity contribution in [2.24, 2.45) is 0 Å². The molecule has 8 heteroatoms. The van der Waals surface area contributed by atoms with E-state index >= 15 is 0 Å². The van der Waals surface area contributed by atoms with E-state index in [0.717, 1.165) is 0 Å². The summed E-state index contributed by atoms with van der Waals surface area (Å²) in [6.45, 7) is 5.08. The number of ether oxygens (including phenoxy) is 1. The molecule has 0 atom stereocenters. The van der Waals surface area contributed by atoms with Crippen LogP contribution in [0, 0.1) is 11.3 Å². The molecule has 2 N–H and O–H groups in total. The third-order valence-electron chi connectivity index (χ3n) is 2.98. The molecule has 8 nitrogen and oxygen atoms in total. The zero-order valence-electron chi connectivity index (χ0n) is 12.0. The molecule has 112 valence electrons. The van der Waals surface area contributed by atoms with Gasteiger partial charge in [-0.15, -0.1) is 0 Å². The van der Waals surface area contributed by atoms with E-state index in [0.29, 0.717) is 12.8 Å². The van der Waals surface area contributed by atoms with Gasteiger partial charge in [0.25, 0.3) is 0 Å². The summed E-state index contributed by atoms with van der Waals surface area (Å²) < 4.78 is 6.49. The lowest BCUT2D eigenvalue weighted by molar-refractivity contribution is 0.0634. The van der Waals surface area contributed by atoms with E-state index in [2.05, 4.69) is 16.4 Å². The number of nitrogens with zero attached hydrogens (tertiary/aromatic N) is 3. The maximum atomic E-state index is 11.8. The summed E-state index contributed by atoms with van der Waals surface area (Å²) in [4.78, 5) is 26.8. The molecular weight excluding hydrogens is 276 g/mol. The summed E-state index contributed by atoms with van der Waals surface area (Å²) in [6, 6.07) is 2.12. The first-order chi connectivity index (χ1) is 9.68. The highest BCUT2D eigenvalue weighted by molar-refractivity contribution is 5.96. The van der Waals surface area contributed by atoms with Crippen molar-refractivity contribution in [3.63, 3.8) is 0 Å². The van der Waals surface area contributed by atoms with Crippen LogP contribution in [0.1, 0.15) is 44.1 Å². The Balaban J connectivity index is 2.33. The highest BCUT2D eigenvalue weighted by Gasteiger charge is 2.47. The van der Waals surface area contributed by atoms with E-state index in [-0.39, 0.29) is 11.5 Å². The Morgan fingerprint density at radius 3 is 2.57 bits per heavy atom. The van der Waals surface area contributed by atoms with Gasteiger partial charge in [0.1, 0.15) is 11.1 Å². The van der Waals surface area contributed by atoms with Crippen molar-refractivity contribution in [1.82, 2.24) is 9.55 Å². The molecule has 0 unspecified atom stereocenters. The first-order valence-corrected chi connectivity index (χ1v) is 6.41. The number of nitriles is 1. The molecule has 0 radical (unpaired) electrons. The summed E-state index contributed by atoms with van der Waals surface area (Å²) in [5.41, 5.74) is -1.86. The topological polar surface area (TPSA) is 117 Å². The Hall–Kier alpha value is -2.56. The number of imidazole rings is 1. The number of carboxylic acid groups (broad SMARTS) is 1. The smallest absolute Gasteiger partial charge is 0.413 e. The van der Waals surface area contributed by atoms with E-state index < -0.39 is 23.2 Å². The molecule has 0 aromatic carbocycles. The first-order valence-electron chi connectivity index (χ1n) is 6.41. The van der Waals surface area contributed by atoms with E-state index in [4.69, 9.17) is 9.84 Å². The molecule has 1 amide bonds. The molecular formula is C13H16N4O4. The highest BCUT2D eigenvalue weighted by Crippen LogP contribution is 2.45. The molecule has 1 saturated carbocycles. The van der Waals surface area contributed by atoms with E-state index in [9.17, 15) is 14.9 Å². The zero-order chi connectivity index (χ0) is 15.8. The lowest BCUT2D eigenvalue weighted by Gasteiger charge is -2.20. The zero-order valence-corrected chi connectivity index (χ0v) is 12.0. The number of hydrogen-bond acceptors (Lipinski definition) is 5. The predicted octanol–water partition coefficient (Wildman–Crippen LogP) is 1.94. The summed E-state index contributed by atoms with van der Waals surface area (Å²) in [5.74, 6) is -1.32. The molecule has 0 aliphatic heterocycles. The number of carbonyl (C=O) groups excluding carboxylic acids is 1. The van der Waals surface area contributed by atoms with E-state index in [1.54, 1.807) is 20.8 Å². The number of anilines is 1. The summed E-state index contributed by atoms with van der Waals surface area (Å²) in [7, 11) is 0. The minimum atomic E-state index is -1.28. The standard InChI is InChI=1S/C13H16N4O4/c1-12(2,3)21-11(20)16-9-8(10(18)19)15-7-17(9)13(6-14)4-5-13/h7H,4-5H2,1-3H3,(H,16,20)(H,18,19). The van der Waals surface area contributed by atoms with Gasteiger partial charge < -0.3 is 9.84 Å². The van der Waals surface area contributed by atoms with Crippen LogP contribution in [-0.2, 0) is 10.3 Å². The van der Waals surface area contributed by atoms with Crippen LogP contribution in [0.3, 0.4) is 0 Å². The Morgan fingerprint density at radius 2 is 2.14 bits per heavy atom. The number of carboxylic acids is 1. The molecule has 21 heavy (non-hydrogen) atoms. The maximum absolute atomic E-state index is 11.8. The van der Waals surface area contributed by atoms with Gasteiger partial charge in [-0.3, -0.25) is 9.88 Å². The minimum absolute atomic E-state index is 0.0317. The largest absolute Gasteiger partial charge is 0.476 e. The normalized spacial score (nSPS) is 15.9. The molecule has 1 aliphatic carbocycles. The van der Waals surface area contributed by atoms with Crippen molar-refractivity contribution in [3.05, 3.63) is 12.0 Å². The Kier molecular flexibility index (Phi) is 3.37. The van der Waals surface area contributed by atoms with Crippen LogP contribution in [-0.4, -0.2) is 32.3 Å². The van der Waals surface area contributed by atoms with Crippen LogP contribution in [0.2, 0.25) is 0 Å². The molecule has 0 spiro atoms.